The molecule has 0 saturated heterocycles. The smallest absolute Gasteiger partial charge is 0.164 e. The number of para-hydroxylation sites is 2. The monoisotopic (exact) mass is 335 g/mol. The first-order chi connectivity index (χ1) is 11.8. The van der Waals surface area contributed by atoms with Crippen LogP contribution in [0.3, 0.4) is 0 Å². The van der Waals surface area contributed by atoms with E-state index in [0.717, 1.165) is 28.2 Å². The zero-order valence-corrected chi connectivity index (χ0v) is 13.7. The molecule has 0 N–H and O–H groups in total. The van der Waals surface area contributed by atoms with Crippen LogP contribution < -0.4 is 4.74 Å². The molecular formula is C19H14ClN3O. The maximum Gasteiger partial charge on any atom is 0.164 e. The van der Waals surface area contributed by atoms with E-state index in [2.05, 4.69) is 9.55 Å². The summed E-state index contributed by atoms with van der Waals surface area (Å²) in [6, 6.07) is 19.5. The van der Waals surface area contributed by atoms with Gasteiger partial charge < -0.3 is 4.74 Å². The number of fused-ring (bicyclic) bond motifs is 1. The second kappa shape index (κ2) is 5.98. The molecule has 4 nitrogen and oxygen atoms in total. The van der Waals surface area contributed by atoms with Crippen LogP contribution in [0.4, 0.5) is 0 Å². The van der Waals surface area contributed by atoms with Crippen LogP contribution in [0, 0.1) is 0 Å². The highest BCUT2D eigenvalue weighted by atomic mass is 35.5. The number of halogens is 1. The highest BCUT2D eigenvalue weighted by Crippen LogP contribution is 2.31. The van der Waals surface area contributed by atoms with Gasteiger partial charge in [0.05, 0.1) is 23.2 Å². The van der Waals surface area contributed by atoms with Gasteiger partial charge in [-0.15, -0.1) is 0 Å². The Morgan fingerprint density at radius 3 is 2.58 bits per heavy atom. The van der Waals surface area contributed by atoms with E-state index < -0.39 is 0 Å². The number of imidazole rings is 1. The fraction of sp³-hybridized carbons (Fsp3) is 0.0526. The highest BCUT2D eigenvalue weighted by Gasteiger charge is 2.15. The zero-order chi connectivity index (χ0) is 16.5. The number of pyridine rings is 1. The van der Waals surface area contributed by atoms with Crippen LogP contribution >= 0.6 is 11.6 Å². The van der Waals surface area contributed by atoms with Crippen molar-refractivity contribution in [1.29, 1.82) is 0 Å². The fourth-order valence-electron chi connectivity index (χ4n) is 2.75. The van der Waals surface area contributed by atoms with Gasteiger partial charge in [-0.3, -0.25) is 9.55 Å². The van der Waals surface area contributed by atoms with E-state index >= 15 is 0 Å². The Kier molecular flexibility index (Phi) is 3.67. The van der Waals surface area contributed by atoms with Gasteiger partial charge in [0.1, 0.15) is 11.4 Å². The maximum absolute atomic E-state index is 6.32. The summed E-state index contributed by atoms with van der Waals surface area (Å²) in [7, 11) is 1.60. The number of nitrogens with zero attached hydrogens (tertiary/aromatic N) is 3. The van der Waals surface area contributed by atoms with Crippen LogP contribution in [0.1, 0.15) is 0 Å². The fourth-order valence-corrected chi connectivity index (χ4v) is 3.00. The predicted molar refractivity (Wildman–Crippen MR) is 95.9 cm³/mol. The quantitative estimate of drug-likeness (QED) is 0.542. The molecule has 4 aromatic rings. The lowest BCUT2D eigenvalue weighted by Gasteiger charge is -2.11. The van der Waals surface area contributed by atoms with E-state index in [-0.39, 0.29) is 0 Å². The van der Waals surface area contributed by atoms with Crippen molar-refractivity contribution < 1.29 is 4.74 Å². The van der Waals surface area contributed by atoms with Crippen LogP contribution in [0.25, 0.3) is 28.2 Å². The van der Waals surface area contributed by atoms with Crippen LogP contribution in [-0.4, -0.2) is 21.6 Å². The summed E-state index contributed by atoms with van der Waals surface area (Å²) in [5.74, 6) is 1.42. The summed E-state index contributed by atoms with van der Waals surface area (Å²) >= 11 is 6.32. The van der Waals surface area contributed by atoms with E-state index in [1.54, 1.807) is 13.3 Å². The molecule has 2 aromatic heterocycles. The number of hydrogen-bond acceptors (Lipinski definition) is 3. The van der Waals surface area contributed by atoms with Crippen molar-refractivity contribution in [2.75, 3.05) is 7.11 Å². The van der Waals surface area contributed by atoms with Gasteiger partial charge in [0.25, 0.3) is 0 Å². The summed E-state index contributed by atoms with van der Waals surface area (Å²) in [4.78, 5) is 9.20. The molecule has 2 heterocycles. The summed E-state index contributed by atoms with van der Waals surface area (Å²) < 4.78 is 7.31. The highest BCUT2D eigenvalue weighted by molar-refractivity contribution is 6.32. The second-order valence-corrected chi connectivity index (χ2v) is 5.70. The number of rotatable bonds is 3. The van der Waals surface area contributed by atoms with Crippen LogP contribution in [0.2, 0.25) is 5.02 Å². The van der Waals surface area contributed by atoms with E-state index in [4.69, 9.17) is 21.3 Å². The normalized spacial score (nSPS) is 10.9. The lowest BCUT2D eigenvalue weighted by atomic mass is 10.2. The van der Waals surface area contributed by atoms with Gasteiger partial charge in [0, 0.05) is 11.9 Å². The molecule has 0 saturated carbocycles. The molecule has 0 amide bonds. The second-order valence-electron chi connectivity index (χ2n) is 5.29. The average Bonchev–Trinajstić information content (AvgIpc) is 3.02. The van der Waals surface area contributed by atoms with Crippen molar-refractivity contribution in [2.24, 2.45) is 0 Å². The first kappa shape index (κ1) is 14.7. The van der Waals surface area contributed by atoms with Crippen molar-refractivity contribution >= 4 is 22.6 Å². The van der Waals surface area contributed by atoms with Crippen molar-refractivity contribution in [2.45, 2.75) is 0 Å². The predicted octanol–water partition coefficient (Wildman–Crippen LogP) is 4.75. The molecule has 0 bridgehead atoms. The maximum atomic E-state index is 6.32. The molecule has 2 aromatic carbocycles. The molecule has 4 rings (SSSR count). The molecule has 24 heavy (non-hydrogen) atoms. The standard InChI is InChI=1S/C19H14ClN3O/c1-24-18-10-9-13(12-14(18)20)23-17-8-3-2-6-15(17)22-19(23)16-7-4-5-11-21-16/h2-12H,1H3. The van der Waals surface area contributed by atoms with Crippen molar-refractivity contribution in [3.63, 3.8) is 0 Å². The molecule has 0 spiro atoms. The van der Waals surface area contributed by atoms with E-state index in [1.807, 2.05) is 60.7 Å². The minimum Gasteiger partial charge on any atom is -0.495 e. The van der Waals surface area contributed by atoms with Crippen LogP contribution in [0.15, 0.2) is 66.9 Å². The SMILES string of the molecule is COc1ccc(-n2c(-c3ccccn3)nc3ccccc32)cc1Cl. The van der Waals surface area contributed by atoms with Crippen LogP contribution in [-0.2, 0) is 0 Å². The molecule has 0 unspecified atom stereocenters. The molecule has 0 aliphatic carbocycles. The Bertz CT molecular complexity index is 1010. The van der Waals surface area contributed by atoms with Gasteiger partial charge in [0.2, 0.25) is 0 Å². The minimum absolute atomic E-state index is 0.555. The van der Waals surface area contributed by atoms with E-state index in [1.165, 1.54) is 0 Å². The van der Waals surface area contributed by atoms with Crippen molar-refractivity contribution in [3.05, 3.63) is 71.9 Å². The molecule has 0 fully saturated rings. The Morgan fingerprint density at radius 1 is 1.00 bits per heavy atom. The Balaban J connectivity index is 2.01. The molecule has 5 heteroatoms. The summed E-state index contributed by atoms with van der Waals surface area (Å²) in [5.41, 5.74) is 3.63. The van der Waals surface area contributed by atoms with Crippen molar-refractivity contribution in [3.8, 4) is 23.0 Å². The molecule has 0 aliphatic heterocycles. The third kappa shape index (κ3) is 2.41. The third-order valence-electron chi connectivity index (χ3n) is 3.85. The van der Waals surface area contributed by atoms with Gasteiger partial charge >= 0.3 is 0 Å². The third-order valence-corrected chi connectivity index (χ3v) is 4.14. The molecular weight excluding hydrogens is 322 g/mol. The lowest BCUT2D eigenvalue weighted by molar-refractivity contribution is 0.415. The first-order valence-electron chi connectivity index (χ1n) is 7.51. The number of methoxy groups -OCH3 is 1. The number of aromatic nitrogens is 3. The average molecular weight is 336 g/mol. The lowest BCUT2D eigenvalue weighted by Crippen LogP contribution is -1.99. The molecule has 118 valence electrons. The Morgan fingerprint density at radius 2 is 1.83 bits per heavy atom. The summed E-state index contributed by atoms with van der Waals surface area (Å²) in [5, 5.41) is 0.555. The van der Waals surface area contributed by atoms with Gasteiger partial charge in [-0.05, 0) is 42.5 Å². The number of hydrogen-bond donors (Lipinski definition) is 0. The van der Waals surface area contributed by atoms with Gasteiger partial charge in [-0.2, -0.15) is 0 Å². The number of ether oxygens (including phenoxy) is 1. The van der Waals surface area contributed by atoms with Gasteiger partial charge in [-0.25, -0.2) is 4.98 Å². The molecule has 0 aliphatic rings. The largest absolute Gasteiger partial charge is 0.495 e. The summed E-state index contributed by atoms with van der Waals surface area (Å²) in [6.07, 6.45) is 1.76. The molecule has 0 radical (unpaired) electrons. The number of benzene rings is 2. The zero-order valence-electron chi connectivity index (χ0n) is 13.0. The topological polar surface area (TPSA) is 39.9 Å². The minimum atomic E-state index is 0.555. The Labute approximate surface area is 144 Å². The van der Waals surface area contributed by atoms with Gasteiger partial charge in [0.15, 0.2) is 5.82 Å². The van der Waals surface area contributed by atoms with E-state index in [9.17, 15) is 0 Å². The van der Waals surface area contributed by atoms with Crippen LogP contribution in [0.5, 0.6) is 5.75 Å². The van der Waals surface area contributed by atoms with Gasteiger partial charge in [-0.1, -0.05) is 29.8 Å². The van der Waals surface area contributed by atoms with E-state index in [0.29, 0.717) is 10.8 Å². The van der Waals surface area contributed by atoms with Crippen molar-refractivity contribution in [1.82, 2.24) is 14.5 Å². The Hall–Kier alpha value is -2.85. The molecule has 0 atom stereocenters. The first-order valence-corrected chi connectivity index (χ1v) is 7.88. The summed E-state index contributed by atoms with van der Waals surface area (Å²) in [6.45, 7) is 0.